The van der Waals surface area contributed by atoms with E-state index in [2.05, 4.69) is 26.2 Å². The molecule has 0 amide bonds. The van der Waals surface area contributed by atoms with Gasteiger partial charge in [-0.25, -0.2) is 0 Å². The van der Waals surface area contributed by atoms with E-state index in [1.807, 2.05) is 32.0 Å². The van der Waals surface area contributed by atoms with Crippen molar-refractivity contribution in [2.75, 3.05) is 0 Å². The van der Waals surface area contributed by atoms with Gasteiger partial charge in [0.25, 0.3) is 0 Å². The standard InChI is InChI=1S/C14H12BrClN2O/c1-8-3-4-11(5-9(8)2)17-18-13-7-10(16)6-12(15)14(13)19/h3-7,19H,1-2H3. The Morgan fingerprint density at radius 2 is 1.79 bits per heavy atom. The predicted octanol–water partition coefficient (Wildman–Crippen LogP) is 5.84. The summed E-state index contributed by atoms with van der Waals surface area (Å²) in [6.45, 7) is 4.05. The zero-order valence-electron chi connectivity index (χ0n) is 10.5. The summed E-state index contributed by atoms with van der Waals surface area (Å²) in [5.74, 6) is 0.0250. The Morgan fingerprint density at radius 3 is 2.47 bits per heavy atom. The Bertz CT molecular complexity index is 656. The molecule has 0 unspecified atom stereocenters. The number of nitrogens with zero attached hydrogens (tertiary/aromatic N) is 2. The number of aryl methyl sites for hydroxylation is 2. The molecule has 0 saturated carbocycles. The number of halogens is 2. The van der Waals surface area contributed by atoms with Crippen LogP contribution in [0, 0.1) is 13.8 Å². The summed E-state index contributed by atoms with van der Waals surface area (Å²) in [6, 6.07) is 8.97. The zero-order valence-corrected chi connectivity index (χ0v) is 12.8. The molecule has 0 saturated heterocycles. The van der Waals surface area contributed by atoms with E-state index >= 15 is 0 Å². The molecule has 0 aliphatic rings. The van der Waals surface area contributed by atoms with Crippen molar-refractivity contribution in [1.29, 1.82) is 0 Å². The summed E-state index contributed by atoms with van der Waals surface area (Å²) in [5.41, 5.74) is 3.41. The van der Waals surface area contributed by atoms with Crippen LogP contribution in [0.15, 0.2) is 45.0 Å². The maximum absolute atomic E-state index is 9.84. The monoisotopic (exact) mass is 338 g/mol. The van der Waals surface area contributed by atoms with Crippen LogP contribution in [0.3, 0.4) is 0 Å². The van der Waals surface area contributed by atoms with Crippen LogP contribution in [-0.4, -0.2) is 5.11 Å². The first-order chi connectivity index (χ1) is 8.97. The molecular formula is C14H12BrClN2O. The fourth-order valence-corrected chi connectivity index (χ4v) is 2.32. The van der Waals surface area contributed by atoms with Crippen LogP contribution in [0.2, 0.25) is 5.02 Å². The summed E-state index contributed by atoms with van der Waals surface area (Å²) in [6.07, 6.45) is 0. The topological polar surface area (TPSA) is 45.0 Å². The van der Waals surface area contributed by atoms with E-state index in [9.17, 15) is 5.11 Å². The first-order valence-corrected chi connectivity index (χ1v) is 6.81. The van der Waals surface area contributed by atoms with Crippen LogP contribution in [0.25, 0.3) is 0 Å². The van der Waals surface area contributed by atoms with Crippen LogP contribution >= 0.6 is 27.5 Å². The molecule has 0 aliphatic heterocycles. The number of phenolic OH excluding ortho intramolecular Hbond substituents is 1. The number of rotatable bonds is 2. The van der Waals surface area contributed by atoms with Gasteiger partial charge in [0.1, 0.15) is 5.69 Å². The second kappa shape index (κ2) is 5.72. The average Bonchev–Trinajstić information content (AvgIpc) is 2.36. The van der Waals surface area contributed by atoms with E-state index in [1.165, 1.54) is 5.56 Å². The van der Waals surface area contributed by atoms with Crippen molar-refractivity contribution in [2.24, 2.45) is 10.2 Å². The molecule has 5 heteroatoms. The highest BCUT2D eigenvalue weighted by Crippen LogP contribution is 2.38. The lowest BCUT2D eigenvalue weighted by molar-refractivity contribution is 0.473. The summed E-state index contributed by atoms with van der Waals surface area (Å²) in [7, 11) is 0. The van der Waals surface area contributed by atoms with Gasteiger partial charge in [-0.3, -0.25) is 0 Å². The second-order valence-electron chi connectivity index (χ2n) is 4.22. The first kappa shape index (κ1) is 14.0. The molecule has 1 N–H and O–H groups in total. The van der Waals surface area contributed by atoms with Crippen molar-refractivity contribution in [2.45, 2.75) is 13.8 Å². The van der Waals surface area contributed by atoms with Gasteiger partial charge >= 0.3 is 0 Å². The third-order valence-electron chi connectivity index (χ3n) is 2.77. The zero-order chi connectivity index (χ0) is 14.0. The van der Waals surface area contributed by atoms with Crippen LogP contribution in [-0.2, 0) is 0 Å². The van der Waals surface area contributed by atoms with Gasteiger partial charge in [-0.05, 0) is 65.2 Å². The van der Waals surface area contributed by atoms with E-state index < -0.39 is 0 Å². The molecule has 2 aromatic carbocycles. The number of benzene rings is 2. The van der Waals surface area contributed by atoms with Gasteiger partial charge in [0.05, 0.1) is 10.2 Å². The van der Waals surface area contributed by atoms with E-state index in [1.54, 1.807) is 12.1 Å². The van der Waals surface area contributed by atoms with E-state index in [-0.39, 0.29) is 5.75 Å². The summed E-state index contributed by atoms with van der Waals surface area (Å²) in [5, 5.41) is 18.5. The Balaban J connectivity index is 2.35. The maximum Gasteiger partial charge on any atom is 0.157 e. The maximum atomic E-state index is 9.84. The molecule has 3 nitrogen and oxygen atoms in total. The Kier molecular flexibility index (Phi) is 4.22. The molecule has 0 spiro atoms. The quantitative estimate of drug-likeness (QED) is 0.686. The summed E-state index contributed by atoms with van der Waals surface area (Å²) < 4.78 is 0.494. The van der Waals surface area contributed by atoms with Crippen LogP contribution < -0.4 is 0 Å². The lowest BCUT2D eigenvalue weighted by atomic mass is 10.1. The van der Waals surface area contributed by atoms with Gasteiger partial charge in [0, 0.05) is 5.02 Å². The van der Waals surface area contributed by atoms with Gasteiger partial charge in [-0.1, -0.05) is 17.7 Å². The average molecular weight is 340 g/mol. The number of azo groups is 1. The highest BCUT2D eigenvalue weighted by atomic mass is 79.9. The van der Waals surface area contributed by atoms with Gasteiger partial charge in [-0.15, -0.1) is 5.11 Å². The third-order valence-corrected chi connectivity index (χ3v) is 3.59. The van der Waals surface area contributed by atoms with Gasteiger partial charge in [0.15, 0.2) is 5.75 Å². The van der Waals surface area contributed by atoms with Crippen LogP contribution in [0.1, 0.15) is 11.1 Å². The molecule has 0 radical (unpaired) electrons. The van der Waals surface area contributed by atoms with Crippen molar-refractivity contribution >= 4 is 38.9 Å². The van der Waals surface area contributed by atoms with Gasteiger partial charge < -0.3 is 5.11 Å². The largest absolute Gasteiger partial charge is 0.505 e. The van der Waals surface area contributed by atoms with E-state index in [4.69, 9.17) is 11.6 Å². The van der Waals surface area contributed by atoms with Crippen molar-refractivity contribution in [1.82, 2.24) is 0 Å². The molecule has 19 heavy (non-hydrogen) atoms. The molecule has 0 aromatic heterocycles. The third kappa shape index (κ3) is 3.33. The number of hydrogen-bond donors (Lipinski definition) is 1. The minimum atomic E-state index is 0.0250. The van der Waals surface area contributed by atoms with E-state index in [0.717, 1.165) is 11.3 Å². The fraction of sp³-hybridized carbons (Fsp3) is 0.143. The Hall–Kier alpha value is -1.39. The highest BCUT2D eigenvalue weighted by Gasteiger charge is 2.06. The Morgan fingerprint density at radius 1 is 1.05 bits per heavy atom. The molecule has 0 fully saturated rings. The SMILES string of the molecule is Cc1ccc(N=Nc2cc(Cl)cc(Br)c2O)cc1C. The molecule has 0 aliphatic carbocycles. The minimum Gasteiger partial charge on any atom is -0.505 e. The molecule has 98 valence electrons. The van der Waals surface area contributed by atoms with Crippen molar-refractivity contribution in [3.63, 3.8) is 0 Å². The smallest absolute Gasteiger partial charge is 0.157 e. The summed E-state index contributed by atoms with van der Waals surface area (Å²) >= 11 is 9.12. The Labute approximate surface area is 125 Å². The van der Waals surface area contributed by atoms with E-state index in [0.29, 0.717) is 15.2 Å². The number of hydrogen-bond acceptors (Lipinski definition) is 3. The molecule has 0 atom stereocenters. The predicted molar refractivity (Wildman–Crippen MR) is 80.9 cm³/mol. The molecule has 0 bridgehead atoms. The lowest BCUT2D eigenvalue weighted by Crippen LogP contribution is -1.78. The van der Waals surface area contributed by atoms with Crippen LogP contribution in [0.5, 0.6) is 5.75 Å². The first-order valence-electron chi connectivity index (χ1n) is 5.64. The van der Waals surface area contributed by atoms with Crippen molar-refractivity contribution < 1.29 is 5.11 Å². The van der Waals surface area contributed by atoms with Crippen molar-refractivity contribution in [3.8, 4) is 5.75 Å². The van der Waals surface area contributed by atoms with Crippen molar-refractivity contribution in [3.05, 3.63) is 51.0 Å². The number of phenols is 1. The fourth-order valence-electron chi connectivity index (χ4n) is 1.53. The number of aromatic hydroxyl groups is 1. The van der Waals surface area contributed by atoms with Crippen LogP contribution in [0.4, 0.5) is 11.4 Å². The highest BCUT2D eigenvalue weighted by molar-refractivity contribution is 9.10. The summed E-state index contributed by atoms with van der Waals surface area (Å²) in [4.78, 5) is 0. The molecule has 0 heterocycles. The second-order valence-corrected chi connectivity index (χ2v) is 5.51. The normalized spacial score (nSPS) is 11.2. The van der Waals surface area contributed by atoms with Gasteiger partial charge in [0.2, 0.25) is 0 Å². The molecule has 2 rings (SSSR count). The molecule has 2 aromatic rings. The van der Waals surface area contributed by atoms with Gasteiger partial charge in [-0.2, -0.15) is 5.11 Å². The molecular weight excluding hydrogens is 328 g/mol. The lowest BCUT2D eigenvalue weighted by Gasteiger charge is -2.02. The minimum absolute atomic E-state index is 0.0250.